The molecule has 0 atom stereocenters. The lowest BCUT2D eigenvalue weighted by Gasteiger charge is -2.09. The van der Waals surface area contributed by atoms with E-state index in [0.717, 1.165) is 10.8 Å². The van der Waals surface area contributed by atoms with Crippen LogP contribution in [0.15, 0.2) is 66.7 Å². The van der Waals surface area contributed by atoms with Crippen molar-refractivity contribution in [3.05, 3.63) is 83.4 Å². The molecule has 38 heavy (non-hydrogen) atoms. The number of esters is 2. The molecule has 0 spiro atoms. The maximum Gasteiger partial charge on any atom is 0.338 e. The lowest BCUT2D eigenvalue weighted by molar-refractivity contribution is -0.0136. The van der Waals surface area contributed by atoms with Crippen LogP contribution >= 0.6 is 0 Å². The predicted molar refractivity (Wildman–Crippen MR) is 139 cm³/mol. The average Bonchev–Trinajstić information content (AvgIpc) is 2.96. The molecule has 3 aromatic carbocycles. The first-order chi connectivity index (χ1) is 18.7. The van der Waals surface area contributed by atoms with Crippen LogP contribution < -0.4 is 0 Å². The highest BCUT2D eigenvalue weighted by Gasteiger charge is 2.11. The van der Waals surface area contributed by atoms with Crippen LogP contribution in [-0.4, -0.2) is 78.0 Å². The van der Waals surface area contributed by atoms with Gasteiger partial charge in [-0.2, -0.15) is 5.26 Å². The maximum atomic E-state index is 12.3. The van der Waals surface area contributed by atoms with E-state index in [1.165, 1.54) is 6.07 Å². The largest absolute Gasteiger partial charge is 0.460 e. The van der Waals surface area contributed by atoms with Crippen molar-refractivity contribution in [3.8, 4) is 6.07 Å². The number of hydrogen-bond acceptors (Lipinski definition) is 9. The standard InChI is InChI=1S/C29H31NO8/c30-22-23-5-3-8-25(21-23)28(31)37-19-17-35-15-13-33-11-12-34-14-16-36-18-20-38-29(32)27-10-4-7-24-6-1-2-9-26(24)27/h1-10,21H,11-20H2. The fraction of sp³-hybridized carbons (Fsp3) is 0.345. The van der Waals surface area contributed by atoms with Gasteiger partial charge >= 0.3 is 11.9 Å². The van der Waals surface area contributed by atoms with E-state index in [9.17, 15) is 9.59 Å². The molecule has 0 aliphatic heterocycles. The van der Waals surface area contributed by atoms with Crippen LogP contribution in [0.1, 0.15) is 26.3 Å². The van der Waals surface area contributed by atoms with Crippen molar-refractivity contribution in [1.29, 1.82) is 5.26 Å². The van der Waals surface area contributed by atoms with Gasteiger partial charge in [0.15, 0.2) is 0 Å². The molecule has 0 saturated carbocycles. The fourth-order valence-electron chi connectivity index (χ4n) is 3.43. The van der Waals surface area contributed by atoms with Gasteiger partial charge in [-0.1, -0.05) is 42.5 Å². The molecule has 0 fully saturated rings. The molecule has 9 heteroatoms. The lowest BCUT2D eigenvalue weighted by Crippen LogP contribution is -2.15. The molecule has 3 rings (SSSR count). The molecule has 0 unspecified atom stereocenters. The van der Waals surface area contributed by atoms with Crippen molar-refractivity contribution in [3.63, 3.8) is 0 Å². The molecule has 0 amide bonds. The summed E-state index contributed by atoms with van der Waals surface area (Å²) in [5.74, 6) is -0.865. The fourth-order valence-corrected chi connectivity index (χ4v) is 3.43. The van der Waals surface area contributed by atoms with Gasteiger partial charge in [0, 0.05) is 0 Å². The highest BCUT2D eigenvalue weighted by Crippen LogP contribution is 2.19. The Hall–Kier alpha value is -3.81. The van der Waals surface area contributed by atoms with Crippen molar-refractivity contribution >= 4 is 22.7 Å². The molecular weight excluding hydrogens is 490 g/mol. The molecular formula is C29H31NO8. The van der Waals surface area contributed by atoms with Gasteiger partial charge in [0.25, 0.3) is 0 Å². The normalized spacial score (nSPS) is 10.7. The average molecular weight is 522 g/mol. The van der Waals surface area contributed by atoms with Crippen molar-refractivity contribution in [2.45, 2.75) is 0 Å². The van der Waals surface area contributed by atoms with E-state index in [0.29, 0.717) is 56.3 Å². The summed E-state index contributed by atoms with van der Waals surface area (Å²) < 4.78 is 32.1. The summed E-state index contributed by atoms with van der Waals surface area (Å²) >= 11 is 0. The van der Waals surface area contributed by atoms with Gasteiger partial charge in [0.05, 0.1) is 75.6 Å². The first kappa shape index (κ1) is 28.8. The Kier molecular flexibility index (Phi) is 12.7. The zero-order valence-corrected chi connectivity index (χ0v) is 21.1. The number of ether oxygens (including phenoxy) is 6. The topological polar surface area (TPSA) is 113 Å². The Balaban J connectivity index is 1.09. The SMILES string of the molecule is N#Cc1cccc(C(=O)OCCOCCOCCOCCOCCOC(=O)c2cccc3ccccc23)c1. The van der Waals surface area contributed by atoms with Gasteiger partial charge in [-0.05, 0) is 35.0 Å². The third kappa shape index (κ3) is 9.92. The van der Waals surface area contributed by atoms with Crippen molar-refractivity contribution < 1.29 is 38.0 Å². The highest BCUT2D eigenvalue weighted by atomic mass is 16.6. The van der Waals surface area contributed by atoms with E-state index in [-0.39, 0.29) is 32.4 Å². The van der Waals surface area contributed by atoms with E-state index in [1.54, 1.807) is 24.3 Å². The zero-order chi connectivity index (χ0) is 26.8. The van der Waals surface area contributed by atoms with E-state index >= 15 is 0 Å². The summed E-state index contributed by atoms with van der Waals surface area (Å²) in [4.78, 5) is 24.3. The van der Waals surface area contributed by atoms with Crippen molar-refractivity contribution in [1.82, 2.24) is 0 Å². The summed E-state index contributed by atoms with van der Waals surface area (Å²) in [5.41, 5.74) is 1.28. The molecule has 0 heterocycles. The van der Waals surface area contributed by atoms with Crippen molar-refractivity contribution in [2.24, 2.45) is 0 Å². The molecule has 0 bridgehead atoms. The summed E-state index contributed by atoms with van der Waals surface area (Å²) in [6, 6.07) is 21.5. The molecule has 0 saturated heterocycles. The zero-order valence-electron chi connectivity index (χ0n) is 21.1. The van der Waals surface area contributed by atoms with Gasteiger partial charge in [-0.25, -0.2) is 9.59 Å². The van der Waals surface area contributed by atoms with Gasteiger partial charge in [0.1, 0.15) is 13.2 Å². The quantitative estimate of drug-likeness (QED) is 0.193. The summed E-state index contributed by atoms with van der Waals surface area (Å²) in [6.45, 7) is 3.18. The predicted octanol–water partition coefficient (Wildman–Crippen LogP) is 3.79. The number of fused-ring (bicyclic) bond motifs is 1. The lowest BCUT2D eigenvalue weighted by atomic mass is 10.1. The number of nitriles is 1. The van der Waals surface area contributed by atoms with Crippen LogP contribution in [0.5, 0.6) is 0 Å². The van der Waals surface area contributed by atoms with Gasteiger partial charge in [-0.3, -0.25) is 0 Å². The van der Waals surface area contributed by atoms with Crippen LogP contribution in [0.25, 0.3) is 10.8 Å². The Morgan fingerprint density at radius 3 is 1.76 bits per heavy atom. The second kappa shape index (κ2) is 16.8. The van der Waals surface area contributed by atoms with E-state index in [4.69, 9.17) is 33.7 Å². The minimum absolute atomic E-state index is 0.112. The third-order valence-electron chi connectivity index (χ3n) is 5.27. The Labute approximate surface area is 221 Å². The number of nitrogens with zero attached hydrogens (tertiary/aromatic N) is 1. The Morgan fingerprint density at radius 1 is 0.605 bits per heavy atom. The molecule has 0 aliphatic rings. The smallest absolute Gasteiger partial charge is 0.338 e. The summed E-state index contributed by atoms with van der Waals surface area (Å²) in [6.07, 6.45) is 0. The second-order valence-corrected chi connectivity index (χ2v) is 7.94. The second-order valence-electron chi connectivity index (χ2n) is 7.94. The number of carbonyl (C=O) groups is 2. The van der Waals surface area contributed by atoms with Crippen LogP contribution in [0, 0.1) is 11.3 Å². The first-order valence-electron chi connectivity index (χ1n) is 12.3. The van der Waals surface area contributed by atoms with Crippen LogP contribution in [-0.2, 0) is 28.4 Å². The van der Waals surface area contributed by atoms with Crippen molar-refractivity contribution in [2.75, 3.05) is 66.1 Å². The van der Waals surface area contributed by atoms with Gasteiger partial charge in [-0.15, -0.1) is 0 Å². The van der Waals surface area contributed by atoms with E-state index < -0.39 is 5.97 Å². The number of hydrogen-bond donors (Lipinski definition) is 0. The number of carbonyl (C=O) groups excluding carboxylic acids is 2. The highest BCUT2D eigenvalue weighted by molar-refractivity contribution is 6.04. The molecule has 0 aliphatic carbocycles. The molecule has 9 nitrogen and oxygen atoms in total. The summed E-state index contributed by atoms with van der Waals surface area (Å²) in [5, 5.41) is 10.7. The number of rotatable bonds is 17. The van der Waals surface area contributed by atoms with Crippen LogP contribution in [0.2, 0.25) is 0 Å². The Morgan fingerprint density at radius 2 is 1.13 bits per heavy atom. The molecule has 0 aromatic heterocycles. The minimum Gasteiger partial charge on any atom is -0.460 e. The summed E-state index contributed by atoms with van der Waals surface area (Å²) in [7, 11) is 0. The van der Waals surface area contributed by atoms with Gasteiger partial charge < -0.3 is 28.4 Å². The maximum absolute atomic E-state index is 12.3. The monoisotopic (exact) mass is 521 g/mol. The van der Waals surface area contributed by atoms with Crippen LogP contribution in [0.3, 0.4) is 0 Å². The molecule has 0 radical (unpaired) electrons. The van der Waals surface area contributed by atoms with E-state index in [2.05, 4.69) is 0 Å². The van der Waals surface area contributed by atoms with Gasteiger partial charge in [0.2, 0.25) is 0 Å². The minimum atomic E-state index is -0.495. The number of benzene rings is 3. The van der Waals surface area contributed by atoms with E-state index in [1.807, 2.05) is 42.5 Å². The molecule has 200 valence electrons. The Bertz CT molecular complexity index is 1200. The molecule has 0 N–H and O–H groups in total. The third-order valence-corrected chi connectivity index (χ3v) is 5.27. The first-order valence-corrected chi connectivity index (χ1v) is 12.3. The van der Waals surface area contributed by atoms with Crippen LogP contribution in [0.4, 0.5) is 0 Å². The molecule has 3 aromatic rings.